The average Bonchev–Trinajstić information content (AvgIpc) is 3.20. The zero-order valence-electron chi connectivity index (χ0n) is 11.3. The molecule has 3 unspecified atom stereocenters. The third-order valence-corrected chi connectivity index (χ3v) is 5.75. The standard InChI is InChI=1S/C15H22O3S/c1-2-19(17,18)10-6-9-15(16)14-11-13(14)12-7-4-3-5-8-12/h3-5,7-8,13-16H,2,6,9-11H2,1H3. The molecule has 3 nitrogen and oxygen atoms in total. The number of aliphatic hydroxyl groups excluding tert-OH is 1. The number of sulfone groups is 1. The molecular formula is C15H22O3S. The summed E-state index contributed by atoms with van der Waals surface area (Å²) in [4.78, 5) is 0. The number of hydrogen-bond acceptors (Lipinski definition) is 3. The first-order valence-corrected chi connectivity index (χ1v) is 8.79. The third-order valence-electron chi connectivity index (χ3n) is 3.96. The molecule has 3 atom stereocenters. The van der Waals surface area contributed by atoms with Crippen LogP contribution in [-0.4, -0.2) is 31.1 Å². The fraction of sp³-hybridized carbons (Fsp3) is 0.600. The van der Waals surface area contributed by atoms with Crippen molar-refractivity contribution in [2.75, 3.05) is 11.5 Å². The molecule has 1 aromatic rings. The lowest BCUT2D eigenvalue weighted by Gasteiger charge is -2.10. The SMILES string of the molecule is CCS(=O)(=O)CCCC(O)C1CC1c1ccccc1. The zero-order chi connectivity index (χ0) is 13.9. The Kier molecular flexibility index (Phi) is 4.63. The van der Waals surface area contributed by atoms with E-state index in [1.807, 2.05) is 18.2 Å². The number of hydrogen-bond donors (Lipinski definition) is 1. The van der Waals surface area contributed by atoms with Crippen molar-refractivity contribution in [3.8, 4) is 0 Å². The van der Waals surface area contributed by atoms with E-state index in [4.69, 9.17) is 0 Å². The smallest absolute Gasteiger partial charge is 0.150 e. The maximum absolute atomic E-state index is 11.4. The van der Waals surface area contributed by atoms with E-state index in [0.717, 1.165) is 6.42 Å². The Labute approximate surface area is 115 Å². The lowest BCUT2D eigenvalue weighted by molar-refractivity contribution is 0.138. The molecule has 106 valence electrons. The van der Waals surface area contributed by atoms with Crippen molar-refractivity contribution >= 4 is 9.84 Å². The molecule has 19 heavy (non-hydrogen) atoms. The van der Waals surface area contributed by atoms with E-state index in [1.54, 1.807) is 6.92 Å². The molecule has 1 N–H and O–H groups in total. The normalized spacial score (nSPS) is 24.1. The highest BCUT2D eigenvalue weighted by Gasteiger charge is 2.42. The van der Waals surface area contributed by atoms with Crippen molar-refractivity contribution in [2.24, 2.45) is 5.92 Å². The Morgan fingerprint density at radius 2 is 2.00 bits per heavy atom. The van der Waals surface area contributed by atoms with Crippen LogP contribution >= 0.6 is 0 Å². The first-order chi connectivity index (χ1) is 9.03. The van der Waals surface area contributed by atoms with Gasteiger partial charge in [0.1, 0.15) is 9.84 Å². The van der Waals surface area contributed by atoms with Gasteiger partial charge in [-0.25, -0.2) is 8.42 Å². The van der Waals surface area contributed by atoms with Gasteiger partial charge in [-0.05, 0) is 36.7 Å². The van der Waals surface area contributed by atoms with Gasteiger partial charge in [0.2, 0.25) is 0 Å². The summed E-state index contributed by atoms with van der Waals surface area (Å²) in [5, 5.41) is 10.1. The second-order valence-electron chi connectivity index (χ2n) is 5.36. The maximum atomic E-state index is 11.4. The van der Waals surface area contributed by atoms with Crippen LogP contribution in [0.2, 0.25) is 0 Å². The molecule has 0 radical (unpaired) electrons. The van der Waals surface area contributed by atoms with E-state index in [-0.39, 0.29) is 17.6 Å². The highest BCUT2D eigenvalue weighted by atomic mass is 32.2. The summed E-state index contributed by atoms with van der Waals surface area (Å²) < 4.78 is 22.7. The topological polar surface area (TPSA) is 54.4 Å². The fourth-order valence-corrected chi connectivity index (χ4v) is 3.49. The van der Waals surface area contributed by atoms with E-state index >= 15 is 0 Å². The molecule has 0 aromatic heterocycles. The Morgan fingerprint density at radius 3 is 2.63 bits per heavy atom. The minimum Gasteiger partial charge on any atom is -0.393 e. The molecule has 0 heterocycles. The second-order valence-corrected chi connectivity index (χ2v) is 7.84. The van der Waals surface area contributed by atoms with Gasteiger partial charge in [-0.1, -0.05) is 37.3 Å². The molecule has 0 saturated heterocycles. The highest BCUT2D eigenvalue weighted by Crippen LogP contribution is 2.50. The molecule has 0 amide bonds. The summed E-state index contributed by atoms with van der Waals surface area (Å²) in [6.45, 7) is 1.66. The van der Waals surface area contributed by atoms with Crippen LogP contribution in [0.15, 0.2) is 30.3 Å². The molecule has 1 fully saturated rings. The average molecular weight is 282 g/mol. The van der Waals surface area contributed by atoms with E-state index in [2.05, 4.69) is 12.1 Å². The largest absolute Gasteiger partial charge is 0.393 e. The monoisotopic (exact) mass is 282 g/mol. The summed E-state index contributed by atoms with van der Waals surface area (Å²) in [7, 11) is -2.90. The fourth-order valence-electron chi connectivity index (χ4n) is 2.59. The predicted molar refractivity (Wildman–Crippen MR) is 76.9 cm³/mol. The molecule has 2 rings (SSSR count). The first kappa shape index (κ1) is 14.5. The summed E-state index contributed by atoms with van der Waals surface area (Å²) in [5.41, 5.74) is 1.28. The minimum absolute atomic E-state index is 0.194. The van der Waals surface area contributed by atoms with E-state index in [0.29, 0.717) is 24.7 Å². The Hall–Kier alpha value is -0.870. The van der Waals surface area contributed by atoms with Crippen LogP contribution < -0.4 is 0 Å². The number of rotatable bonds is 7. The molecule has 1 saturated carbocycles. The van der Waals surface area contributed by atoms with Gasteiger partial charge in [0.15, 0.2) is 0 Å². The van der Waals surface area contributed by atoms with Gasteiger partial charge in [0.05, 0.1) is 11.9 Å². The molecule has 0 spiro atoms. The summed E-state index contributed by atoms with van der Waals surface area (Å²) in [6, 6.07) is 10.2. The van der Waals surface area contributed by atoms with Gasteiger partial charge in [-0.3, -0.25) is 0 Å². The predicted octanol–water partition coefficient (Wildman–Crippen LogP) is 2.37. The minimum atomic E-state index is -2.90. The highest BCUT2D eigenvalue weighted by molar-refractivity contribution is 7.91. The lowest BCUT2D eigenvalue weighted by Crippen LogP contribution is -2.14. The van der Waals surface area contributed by atoms with Crippen molar-refractivity contribution in [3.63, 3.8) is 0 Å². The molecule has 0 aliphatic heterocycles. The van der Waals surface area contributed by atoms with E-state index < -0.39 is 9.84 Å². The van der Waals surface area contributed by atoms with Crippen molar-refractivity contribution < 1.29 is 13.5 Å². The molecule has 1 aromatic carbocycles. The van der Waals surface area contributed by atoms with Crippen LogP contribution in [0.1, 0.15) is 37.7 Å². The Morgan fingerprint density at radius 1 is 1.32 bits per heavy atom. The molecule has 1 aliphatic carbocycles. The Balaban J connectivity index is 1.76. The lowest BCUT2D eigenvalue weighted by atomic mass is 10.0. The van der Waals surface area contributed by atoms with Gasteiger partial charge in [0, 0.05) is 5.75 Å². The van der Waals surface area contributed by atoms with Gasteiger partial charge in [-0.15, -0.1) is 0 Å². The maximum Gasteiger partial charge on any atom is 0.150 e. The van der Waals surface area contributed by atoms with Crippen molar-refractivity contribution in [1.29, 1.82) is 0 Å². The summed E-state index contributed by atoms with van der Waals surface area (Å²) in [5.74, 6) is 1.16. The van der Waals surface area contributed by atoms with Crippen LogP contribution in [-0.2, 0) is 9.84 Å². The van der Waals surface area contributed by atoms with Crippen molar-refractivity contribution in [2.45, 2.75) is 38.2 Å². The van der Waals surface area contributed by atoms with Crippen LogP contribution in [0, 0.1) is 5.92 Å². The van der Waals surface area contributed by atoms with Crippen molar-refractivity contribution in [3.05, 3.63) is 35.9 Å². The molecule has 0 bridgehead atoms. The second kappa shape index (κ2) is 6.06. The van der Waals surface area contributed by atoms with E-state index in [9.17, 15) is 13.5 Å². The van der Waals surface area contributed by atoms with Crippen LogP contribution in [0.4, 0.5) is 0 Å². The Bertz CT molecular complexity index is 495. The van der Waals surface area contributed by atoms with Gasteiger partial charge >= 0.3 is 0 Å². The molecular weight excluding hydrogens is 260 g/mol. The van der Waals surface area contributed by atoms with Gasteiger partial charge in [-0.2, -0.15) is 0 Å². The third kappa shape index (κ3) is 4.05. The van der Waals surface area contributed by atoms with Gasteiger partial charge < -0.3 is 5.11 Å². The van der Waals surface area contributed by atoms with E-state index in [1.165, 1.54) is 5.56 Å². The first-order valence-electron chi connectivity index (χ1n) is 6.97. The summed E-state index contributed by atoms with van der Waals surface area (Å²) >= 11 is 0. The number of aliphatic hydroxyl groups is 1. The van der Waals surface area contributed by atoms with Crippen LogP contribution in [0.5, 0.6) is 0 Å². The van der Waals surface area contributed by atoms with Gasteiger partial charge in [0.25, 0.3) is 0 Å². The zero-order valence-corrected chi connectivity index (χ0v) is 12.1. The summed E-state index contributed by atoms with van der Waals surface area (Å²) in [6.07, 6.45) is 1.81. The quantitative estimate of drug-likeness (QED) is 0.835. The van der Waals surface area contributed by atoms with Crippen LogP contribution in [0.25, 0.3) is 0 Å². The molecule has 1 aliphatic rings. The van der Waals surface area contributed by atoms with Crippen LogP contribution in [0.3, 0.4) is 0 Å². The molecule has 4 heteroatoms. The van der Waals surface area contributed by atoms with Crippen molar-refractivity contribution in [1.82, 2.24) is 0 Å². The number of benzene rings is 1.